The van der Waals surface area contributed by atoms with E-state index in [1.54, 1.807) is 0 Å². The van der Waals surface area contributed by atoms with Gasteiger partial charge in [0.15, 0.2) is 0 Å². The maximum Gasteiger partial charge on any atom is 0.323 e. The van der Waals surface area contributed by atoms with E-state index in [0.29, 0.717) is 19.1 Å². The lowest BCUT2D eigenvalue weighted by Gasteiger charge is -2.14. The second-order valence-electron chi connectivity index (χ2n) is 4.33. The van der Waals surface area contributed by atoms with Gasteiger partial charge < -0.3 is 14.8 Å². The van der Waals surface area contributed by atoms with Crippen LogP contribution in [-0.2, 0) is 14.3 Å². The Balaban J connectivity index is 2.02. The number of carbonyl (C=O) groups excluding carboxylic acids is 1. The van der Waals surface area contributed by atoms with Gasteiger partial charge in [-0.05, 0) is 25.3 Å². The van der Waals surface area contributed by atoms with Crippen LogP contribution in [0.15, 0.2) is 0 Å². The first kappa shape index (κ1) is 13.5. The average molecular weight is 229 g/mol. The van der Waals surface area contributed by atoms with Crippen molar-refractivity contribution >= 4 is 5.97 Å². The van der Waals surface area contributed by atoms with Crippen molar-refractivity contribution in [2.45, 2.75) is 39.2 Å². The lowest BCUT2D eigenvalue weighted by atomic mass is 10.0. The largest absolute Gasteiger partial charge is 0.462 e. The van der Waals surface area contributed by atoms with Crippen molar-refractivity contribution in [1.82, 2.24) is 5.32 Å². The Kier molecular flexibility index (Phi) is 6.42. The molecule has 1 aliphatic heterocycles. The molecule has 0 aromatic carbocycles. The van der Waals surface area contributed by atoms with Crippen LogP contribution in [0.2, 0.25) is 0 Å². The van der Waals surface area contributed by atoms with Crippen LogP contribution < -0.4 is 5.32 Å². The summed E-state index contributed by atoms with van der Waals surface area (Å²) in [6, 6.07) is -0.115. The second-order valence-corrected chi connectivity index (χ2v) is 4.33. The summed E-state index contributed by atoms with van der Waals surface area (Å²) in [6.07, 6.45) is 3.24. The standard InChI is InChI=1S/C12H23NO3/c1-3-4-7-15-8-9-16-12(14)11-10(2)5-6-13-11/h10-11,13H,3-9H2,1-2H3. The summed E-state index contributed by atoms with van der Waals surface area (Å²) in [5.41, 5.74) is 0. The van der Waals surface area contributed by atoms with Gasteiger partial charge in [0.25, 0.3) is 0 Å². The highest BCUT2D eigenvalue weighted by molar-refractivity contribution is 5.76. The average Bonchev–Trinajstić information content (AvgIpc) is 2.69. The summed E-state index contributed by atoms with van der Waals surface area (Å²) in [5.74, 6) is 0.248. The van der Waals surface area contributed by atoms with E-state index in [2.05, 4.69) is 19.2 Å². The summed E-state index contributed by atoms with van der Waals surface area (Å²) in [5, 5.41) is 3.15. The molecule has 2 unspecified atom stereocenters. The summed E-state index contributed by atoms with van der Waals surface area (Å²) < 4.78 is 10.5. The molecule has 94 valence electrons. The van der Waals surface area contributed by atoms with Crippen LogP contribution in [0.5, 0.6) is 0 Å². The minimum Gasteiger partial charge on any atom is -0.462 e. The molecule has 1 rings (SSSR count). The van der Waals surface area contributed by atoms with Crippen molar-refractivity contribution in [3.8, 4) is 0 Å². The summed E-state index contributed by atoms with van der Waals surface area (Å²) >= 11 is 0. The molecule has 0 bridgehead atoms. The zero-order chi connectivity index (χ0) is 11.8. The van der Waals surface area contributed by atoms with E-state index >= 15 is 0 Å². The molecule has 16 heavy (non-hydrogen) atoms. The maximum absolute atomic E-state index is 11.6. The second kappa shape index (κ2) is 7.63. The molecule has 0 aromatic heterocycles. The minimum absolute atomic E-state index is 0.115. The summed E-state index contributed by atoms with van der Waals surface area (Å²) in [6.45, 7) is 6.74. The molecule has 1 N–H and O–H groups in total. The summed E-state index contributed by atoms with van der Waals surface area (Å²) in [7, 11) is 0. The van der Waals surface area contributed by atoms with Gasteiger partial charge in [-0.15, -0.1) is 0 Å². The minimum atomic E-state index is -0.135. The number of carbonyl (C=O) groups is 1. The van der Waals surface area contributed by atoms with Gasteiger partial charge in [-0.1, -0.05) is 20.3 Å². The van der Waals surface area contributed by atoms with Gasteiger partial charge >= 0.3 is 5.97 Å². The number of ether oxygens (including phenoxy) is 2. The van der Waals surface area contributed by atoms with E-state index in [1.165, 1.54) is 0 Å². The highest BCUT2D eigenvalue weighted by atomic mass is 16.6. The molecule has 0 saturated carbocycles. The molecular weight excluding hydrogens is 206 g/mol. The van der Waals surface area contributed by atoms with E-state index in [9.17, 15) is 4.79 Å². The number of hydrogen-bond donors (Lipinski definition) is 1. The van der Waals surface area contributed by atoms with Crippen LogP contribution in [0.25, 0.3) is 0 Å². The number of unbranched alkanes of at least 4 members (excludes halogenated alkanes) is 1. The van der Waals surface area contributed by atoms with Gasteiger partial charge in [0.1, 0.15) is 12.6 Å². The molecule has 1 aliphatic rings. The Morgan fingerprint density at radius 1 is 1.38 bits per heavy atom. The molecular formula is C12H23NO3. The molecule has 0 spiro atoms. The Morgan fingerprint density at radius 3 is 2.81 bits per heavy atom. The van der Waals surface area contributed by atoms with Gasteiger partial charge in [0, 0.05) is 6.61 Å². The van der Waals surface area contributed by atoms with Gasteiger partial charge in [-0.2, -0.15) is 0 Å². The van der Waals surface area contributed by atoms with Crippen molar-refractivity contribution < 1.29 is 14.3 Å². The van der Waals surface area contributed by atoms with Gasteiger partial charge in [0.2, 0.25) is 0 Å². The molecule has 0 aromatic rings. The molecule has 0 radical (unpaired) electrons. The Morgan fingerprint density at radius 2 is 2.19 bits per heavy atom. The van der Waals surface area contributed by atoms with Crippen molar-refractivity contribution in [3.05, 3.63) is 0 Å². The van der Waals surface area contributed by atoms with Crippen LogP contribution in [0, 0.1) is 5.92 Å². The molecule has 1 heterocycles. The fourth-order valence-electron chi connectivity index (χ4n) is 1.79. The number of rotatable bonds is 7. The lowest BCUT2D eigenvalue weighted by molar-refractivity contribution is -0.148. The normalized spacial score (nSPS) is 24.6. The van der Waals surface area contributed by atoms with Crippen molar-refractivity contribution in [2.75, 3.05) is 26.4 Å². The van der Waals surface area contributed by atoms with Crippen LogP contribution in [0.4, 0.5) is 0 Å². The quantitative estimate of drug-likeness (QED) is 0.529. The fraction of sp³-hybridized carbons (Fsp3) is 0.917. The van der Waals surface area contributed by atoms with E-state index in [4.69, 9.17) is 9.47 Å². The van der Waals surface area contributed by atoms with Gasteiger partial charge in [0.05, 0.1) is 6.61 Å². The van der Waals surface area contributed by atoms with Crippen molar-refractivity contribution in [1.29, 1.82) is 0 Å². The zero-order valence-corrected chi connectivity index (χ0v) is 10.3. The van der Waals surface area contributed by atoms with Crippen molar-refractivity contribution in [3.63, 3.8) is 0 Å². The molecule has 0 amide bonds. The van der Waals surface area contributed by atoms with Crippen LogP contribution in [-0.4, -0.2) is 38.4 Å². The molecule has 0 aliphatic carbocycles. The lowest BCUT2D eigenvalue weighted by Crippen LogP contribution is -2.36. The SMILES string of the molecule is CCCCOCCOC(=O)C1NCCC1C. The fourth-order valence-corrected chi connectivity index (χ4v) is 1.79. The highest BCUT2D eigenvalue weighted by Gasteiger charge is 2.30. The number of nitrogens with one attached hydrogen (secondary N) is 1. The monoisotopic (exact) mass is 229 g/mol. The zero-order valence-electron chi connectivity index (χ0n) is 10.3. The maximum atomic E-state index is 11.6. The molecule has 4 heteroatoms. The first-order valence-corrected chi connectivity index (χ1v) is 6.23. The first-order chi connectivity index (χ1) is 7.75. The van der Waals surface area contributed by atoms with E-state index in [0.717, 1.165) is 32.4 Å². The van der Waals surface area contributed by atoms with E-state index in [1.807, 2.05) is 0 Å². The van der Waals surface area contributed by atoms with Crippen LogP contribution in [0.3, 0.4) is 0 Å². The van der Waals surface area contributed by atoms with Gasteiger partial charge in [-0.3, -0.25) is 4.79 Å². The highest BCUT2D eigenvalue weighted by Crippen LogP contribution is 2.15. The third kappa shape index (κ3) is 4.49. The molecule has 1 saturated heterocycles. The van der Waals surface area contributed by atoms with Gasteiger partial charge in [-0.25, -0.2) is 0 Å². The van der Waals surface area contributed by atoms with E-state index < -0.39 is 0 Å². The Bertz CT molecular complexity index is 208. The van der Waals surface area contributed by atoms with Crippen LogP contribution in [0.1, 0.15) is 33.1 Å². The van der Waals surface area contributed by atoms with Crippen LogP contribution >= 0.6 is 0 Å². The number of hydrogen-bond acceptors (Lipinski definition) is 4. The predicted molar refractivity (Wildman–Crippen MR) is 62.3 cm³/mol. The number of esters is 1. The molecule has 4 nitrogen and oxygen atoms in total. The third-order valence-electron chi connectivity index (χ3n) is 2.90. The Labute approximate surface area is 97.7 Å². The molecule has 1 fully saturated rings. The molecule has 2 atom stereocenters. The topological polar surface area (TPSA) is 47.6 Å². The van der Waals surface area contributed by atoms with Crippen molar-refractivity contribution in [2.24, 2.45) is 5.92 Å². The summed E-state index contributed by atoms with van der Waals surface area (Å²) in [4.78, 5) is 11.6. The smallest absolute Gasteiger partial charge is 0.323 e. The third-order valence-corrected chi connectivity index (χ3v) is 2.90. The predicted octanol–water partition coefficient (Wildman–Crippen LogP) is 1.34. The van der Waals surface area contributed by atoms with E-state index in [-0.39, 0.29) is 12.0 Å². The Hall–Kier alpha value is -0.610. The first-order valence-electron chi connectivity index (χ1n) is 6.23.